The maximum Gasteiger partial charge on any atom is 0.294 e. The number of hydrogen-bond donors (Lipinski definition) is 1. The summed E-state index contributed by atoms with van der Waals surface area (Å²) < 4.78 is 2.10. The van der Waals surface area contributed by atoms with E-state index in [1.165, 1.54) is 11.8 Å². The Balaban J connectivity index is 2.14. The van der Waals surface area contributed by atoms with Gasteiger partial charge in [0.05, 0.1) is 0 Å². The Hall–Kier alpha value is -1.34. The molecule has 7 heteroatoms. The molecule has 1 aromatic carbocycles. The number of benzene rings is 1. The minimum Gasteiger partial charge on any atom is -0.334 e. The molecule has 0 spiro atoms. The smallest absolute Gasteiger partial charge is 0.294 e. The number of halogens is 1. The van der Waals surface area contributed by atoms with Crippen LogP contribution in [0.4, 0.5) is 0 Å². The Morgan fingerprint density at radius 3 is 2.63 bits per heavy atom. The second-order valence-electron chi connectivity index (χ2n) is 3.87. The predicted octanol–water partition coefficient (Wildman–Crippen LogP) is 1.97. The van der Waals surface area contributed by atoms with Gasteiger partial charge in [-0.3, -0.25) is 4.79 Å². The number of nitrogen functional groups attached to an aromatic ring is 1. The third-order valence-corrected chi connectivity index (χ3v) is 4.09. The molecule has 2 N–H and O–H groups in total. The van der Waals surface area contributed by atoms with Crippen LogP contribution in [0.25, 0.3) is 0 Å². The quantitative estimate of drug-likeness (QED) is 0.680. The lowest BCUT2D eigenvalue weighted by molar-refractivity contribution is 0.668. The fraction of sp³-hybridized carbons (Fsp3) is 0.250. The van der Waals surface area contributed by atoms with Gasteiger partial charge >= 0.3 is 0 Å². The van der Waals surface area contributed by atoms with E-state index >= 15 is 0 Å². The van der Waals surface area contributed by atoms with Crippen LogP contribution >= 0.6 is 27.7 Å². The summed E-state index contributed by atoms with van der Waals surface area (Å²) in [5.74, 6) is 6.41. The molecule has 1 aromatic heterocycles. The van der Waals surface area contributed by atoms with Crippen molar-refractivity contribution >= 4 is 27.7 Å². The highest BCUT2D eigenvalue weighted by molar-refractivity contribution is 9.10. The summed E-state index contributed by atoms with van der Waals surface area (Å²) in [7, 11) is 0. The molecule has 0 fully saturated rings. The van der Waals surface area contributed by atoms with Crippen molar-refractivity contribution in [3.8, 4) is 0 Å². The number of thioether (sulfide) groups is 1. The Kier molecular flexibility index (Phi) is 4.60. The molecule has 1 heterocycles. The van der Waals surface area contributed by atoms with Gasteiger partial charge < -0.3 is 5.84 Å². The van der Waals surface area contributed by atoms with E-state index in [9.17, 15) is 4.79 Å². The molecule has 0 amide bonds. The van der Waals surface area contributed by atoms with E-state index in [1.807, 2.05) is 31.2 Å². The van der Waals surface area contributed by atoms with Crippen LogP contribution in [0.5, 0.6) is 0 Å². The highest BCUT2D eigenvalue weighted by atomic mass is 79.9. The van der Waals surface area contributed by atoms with Gasteiger partial charge in [-0.05, 0) is 24.1 Å². The number of nitrogens with zero attached hydrogens (tertiary/aromatic N) is 3. The summed E-state index contributed by atoms with van der Waals surface area (Å²) in [6.07, 6.45) is 0.528. The molecule has 0 unspecified atom stereocenters. The Morgan fingerprint density at radius 1 is 1.32 bits per heavy atom. The molecule has 5 nitrogen and oxygen atoms in total. The first kappa shape index (κ1) is 14.1. The lowest BCUT2D eigenvalue weighted by atomic mass is 10.2. The van der Waals surface area contributed by atoms with Gasteiger partial charge in [0, 0.05) is 10.2 Å². The molecular weight excluding hydrogens is 328 g/mol. The van der Waals surface area contributed by atoms with Crippen molar-refractivity contribution in [1.82, 2.24) is 14.9 Å². The summed E-state index contributed by atoms with van der Waals surface area (Å²) in [4.78, 5) is 11.8. The van der Waals surface area contributed by atoms with Gasteiger partial charge in [0.2, 0.25) is 5.16 Å². The third kappa shape index (κ3) is 3.36. The fourth-order valence-electron chi connectivity index (χ4n) is 1.47. The van der Waals surface area contributed by atoms with Crippen LogP contribution in [0.2, 0.25) is 0 Å². The van der Waals surface area contributed by atoms with Gasteiger partial charge in [-0.2, -0.15) is 4.68 Å². The maximum absolute atomic E-state index is 11.8. The molecule has 0 atom stereocenters. The molecule has 0 aliphatic rings. The maximum atomic E-state index is 11.8. The summed E-state index contributed by atoms with van der Waals surface area (Å²) in [5.41, 5.74) is 1.23. The zero-order valence-electron chi connectivity index (χ0n) is 10.3. The van der Waals surface area contributed by atoms with E-state index in [0.29, 0.717) is 23.0 Å². The zero-order valence-corrected chi connectivity index (χ0v) is 12.7. The Labute approximate surface area is 123 Å². The molecule has 0 aliphatic heterocycles. The van der Waals surface area contributed by atoms with Crippen LogP contribution in [-0.4, -0.2) is 14.9 Å². The topological polar surface area (TPSA) is 73.8 Å². The Morgan fingerprint density at radius 2 is 2.00 bits per heavy atom. The summed E-state index contributed by atoms with van der Waals surface area (Å²) in [6, 6.07) is 7.95. The predicted molar refractivity (Wildman–Crippen MR) is 79.5 cm³/mol. The monoisotopic (exact) mass is 340 g/mol. The van der Waals surface area contributed by atoms with Gasteiger partial charge in [0.25, 0.3) is 5.56 Å². The molecule has 2 rings (SSSR count). The fourth-order valence-corrected chi connectivity index (χ4v) is 2.54. The number of aryl methyl sites for hydroxylation is 1. The van der Waals surface area contributed by atoms with Crippen molar-refractivity contribution in [2.75, 3.05) is 5.84 Å². The molecule has 0 bridgehead atoms. The van der Waals surface area contributed by atoms with E-state index in [1.54, 1.807) is 0 Å². The van der Waals surface area contributed by atoms with Crippen molar-refractivity contribution in [1.29, 1.82) is 0 Å². The van der Waals surface area contributed by atoms with E-state index < -0.39 is 0 Å². The lowest BCUT2D eigenvalue weighted by Crippen LogP contribution is -2.33. The molecule has 0 radical (unpaired) electrons. The van der Waals surface area contributed by atoms with Gasteiger partial charge in [0.1, 0.15) is 5.69 Å². The van der Waals surface area contributed by atoms with Crippen LogP contribution < -0.4 is 11.4 Å². The first-order valence-electron chi connectivity index (χ1n) is 5.72. The standard InChI is InChI=1S/C12H13BrN4OS/c1-2-10-11(18)17(14)12(16-15-10)19-7-8-3-5-9(13)6-4-8/h3-6H,2,7,14H2,1H3. The minimum absolute atomic E-state index is 0.282. The van der Waals surface area contributed by atoms with Crippen LogP contribution in [0.3, 0.4) is 0 Å². The number of rotatable bonds is 4. The normalized spacial score (nSPS) is 10.6. The van der Waals surface area contributed by atoms with E-state index in [0.717, 1.165) is 14.7 Å². The van der Waals surface area contributed by atoms with Gasteiger partial charge in [-0.1, -0.05) is 46.7 Å². The lowest BCUT2D eigenvalue weighted by Gasteiger charge is -2.06. The average molecular weight is 341 g/mol. The first-order valence-corrected chi connectivity index (χ1v) is 7.50. The van der Waals surface area contributed by atoms with Gasteiger partial charge in [-0.15, -0.1) is 10.2 Å². The Bertz CT molecular complexity index is 627. The van der Waals surface area contributed by atoms with E-state index in [2.05, 4.69) is 26.1 Å². The van der Waals surface area contributed by atoms with E-state index in [-0.39, 0.29) is 5.56 Å². The van der Waals surface area contributed by atoms with Gasteiger partial charge in [0.15, 0.2) is 0 Å². The van der Waals surface area contributed by atoms with Crippen LogP contribution in [0, 0.1) is 0 Å². The van der Waals surface area contributed by atoms with E-state index in [4.69, 9.17) is 5.84 Å². The van der Waals surface area contributed by atoms with Crippen molar-refractivity contribution < 1.29 is 0 Å². The molecule has 2 aromatic rings. The molecule has 19 heavy (non-hydrogen) atoms. The zero-order chi connectivity index (χ0) is 13.8. The minimum atomic E-state index is -0.282. The third-order valence-electron chi connectivity index (χ3n) is 2.54. The second-order valence-corrected chi connectivity index (χ2v) is 5.73. The molecule has 0 saturated carbocycles. The number of aromatic nitrogens is 3. The van der Waals surface area contributed by atoms with Crippen LogP contribution in [0.15, 0.2) is 38.7 Å². The summed E-state index contributed by atoms with van der Waals surface area (Å²) in [6.45, 7) is 1.85. The molecule has 0 saturated heterocycles. The van der Waals surface area contributed by atoms with Crippen LogP contribution in [0.1, 0.15) is 18.2 Å². The van der Waals surface area contributed by atoms with Crippen LogP contribution in [-0.2, 0) is 12.2 Å². The summed E-state index contributed by atoms with van der Waals surface area (Å²) in [5, 5.41) is 8.30. The number of hydrogen-bond acceptors (Lipinski definition) is 5. The highest BCUT2D eigenvalue weighted by Crippen LogP contribution is 2.20. The summed E-state index contributed by atoms with van der Waals surface area (Å²) >= 11 is 4.77. The largest absolute Gasteiger partial charge is 0.334 e. The average Bonchev–Trinajstić information content (AvgIpc) is 2.42. The second kappa shape index (κ2) is 6.21. The van der Waals surface area contributed by atoms with Gasteiger partial charge in [-0.25, -0.2) is 0 Å². The number of nitrogens with two attached hydrogens (primary N) is 1. The van der Waals surface area contributed by atoms with Crippen molar-refractivity contribution in [3.63, 3.8) is 0 Å². The van der Waals surface area contributed by atoms with Crippen molar-refractivity contribution in [3.05, 3.63) is 50.3 Å². The molecular formula is C12H13BrN4OS. The SMILES string of the molecule is CCc1nnc(SCc2ccc(Br)cc2)n(N)c1=O. The van der Waals surface area contributed by atoms with Crippen molar-refractivity contribution in [2.45, 2.75) is 24.3 Å². The first-order chi connectivity index (χ1) is 9.11. The van der Waals surface area contributed by atoms with Crippen molar-refractivity contribution in [2.24, 2.45) is 0 Å². The highest BCUT2D eigenvalue weighted by Gasteiger charge is 2.09. The molecule has 100 valence electrons. The molecule has 0 aliphatic carbocycles.